The van der Waals surface area contributed by atoms with E-state index in [0.717, 1.165) is 11.1 Å². The number of aliphatic imine (C=N–C) groups is 1. The molecule has 19 heavy (non-hydrogen) atoms. The molecule has 0 aliphatic carbocycles. The van der Waals surface area contributed by atoms with E-state index in [1.54, 1.807) is 19.3 Å². The Kier molecular flexibility index (Phi) is 4.27. The number of nitrogens with zero attached hydrogens (tertiary/aromatic N) is 1. The molecule has 0 unspecified atom stereocenters. The summed E-state index contributed by atoms with van der Waals surface area (Å²) in [6.45, 7) is 0. The summed E-state index contributed by atoms with van der Waals surface area (Å²) in [6.07, 6.45) is 5.43. The van der Waals surface area contributed by atoms with Crippen LogP contribution in [-0.4, -0.2) is 13.2 Å². The van der Waals surface area contributed by atoms with Gasteiger partial charge in [-0.1, -0.05) is 42.5 Å². The van der Waals surface area contributed by atoms with Crippen LogP contribution in [0.2, 0.25) is 0 Å². The Balaban J connectivity index is 2.34. The fourth-order valence-corrected chi connectivity index (χ4v) is 1.69. The maximum Gasteiger partial charge on any atom is 0.240 e. The van der Waals surface area contributed by atoms with Gasteiger partial charge >= 0.3 is 0 Å². The van der Waals surface area contributed by atoms with Gasteiger partial charge in [0.25, 0.3) is 0 Å². The lowest BCUT2D eigenvalue weighted by Gasteiger charge is -2.03. The van der Waals surface area contributed by atoms with Crippen LogP contribution in [0, 0.1) is 0 Å². The number of ether oxygens (including phenoxy) is 1. The molecule has 2 aromatic rings. The molecule has 0 saturated heterocycles. The Labute approximate surface area is 111 Å². The van der Waals surface area contributed by atoms with Crippen LogP contribution in [-0.2, 0) is 4.79 Å². The Hall–Kier alpha value is -2.64. The van der Waals surface area contributed by atoms with E-state index < -0.39 is 0 Å². The van der Waals surface area contributed by atoms with Crippen molar-refractivity contribution in [2.75, 3.05) is 7.11 Å². The summed E-state index contributed by atoms with van der Waals surface area (Å²) in [5, 5.41) is 0. The van der Waals surface area contributed by atoms with Crippen LogP contribution in [0.4, 0.5) is 5.69 Å². The summed E-state index contributed by atoms with van der Waals surface area (Å²) in [5.74, 6) is 0.658. The van der Waals surface area contributed by atoms with E-state index in [2.05, 4.69) is 4.99 Å². The summed E-state index contributed by atoms with van der Waals surface area (Å²) in [4.78, 5) is 14.1. The third-order valence-electron chi connectivity index (χ3n) is 2.66. The van der Waals surface area contributed by atoms with Crippen LogP contribution >= 0.6 is 0 Å². The molecule has 0 radical (unpaired) electrons. The number of hydrogen-bond acceptors (Lipinski definition) is 3. The van der Waals surface area contributed by atoms with Gasteiger partial charge in [-0.3, -0.25) is 0 Å². The highest BCUT2D eigenvalue weighted by Gasteiger charge is 2.00. The molecular formula is C16H13NO2. The molecule has 3 heteroatoms. The van der Waals surface area contributed by atoms with E-state index in [1.165, 1.54) is 0 Å². The van der Waals surface area contributed by atoms with Crippen molar-refractivity contribution in [2.24, 2.45) is 4.99 Å². The molecule has 0 saturated carbocycles. The van der Waals surface area contributed by atoms with Gasteiger partial charge in [0, 0.05) is 11.6 Å². The third-order valence-corrected chi connectivity index (χ3v) is 2.66. The lowest BCUT2D eigenvalue weighted by atomic mass is 10.1. The molecule has 94 valence electrons. The van der Waals surface area contributed by atoms with Gasteiger partial charge in [-0.2, -0.15) is 4.99 Å². The first-order valence-electron chi connectivity index (χ1n) is 5.82. The van der Waals surface area contributed by atoms with E-state index >= 15 is 0 Å². The zero-order valence-corrected chi connectivity index (χ0v) is 10.5. The molecule has 2 rings (SSSR count). The van der Waals surface area contributed by atoms with Gasteiger partial charge in [0.05, 0.1) is 12.8 Å². The average molecular weight is 251 g/mol. The third kappa shape index (κ3) is 3.41. The first-order valence-corrected chi connectivity index (χ1v) is 5.82. The van der Waals surface area contributed by atoms with Gasteiger partial charge in [-0.25, -0.2) is 4.79 Å². The quantitative estimate of drug-likeness (QED) is 0.470. The highest BCUT2D eigenvalue weighted by molar-refractivity contribution is 5.77. The number of hydrogen-bond donors (Lipinski definition) is 0. The maximum atomic E-state index is 10.4. The second kappa shape index (κ2) is 6.34. The van der Waals surface area contributed by atoms with Crippen molar-refractivity contribution in [3.8, 4) is 5.75 Å². The van der Waals surface area contributed by atoms with E-state index in [9.17, 15) is 4.79 Å². The van der Waals surface area contributed by atoms with Gasteiger partial charge in [-0.15, -0.1) is 0 Å². The summed E-state index contributed by atoms with van der Waals surface area (Å²) >= 11 is 0. The van der Waals surface area contributed by atoms with Crippen LogP contribution in [0.25, 0.3) is 12.2 Å². The van der Waals surface area contributed by atoms with Gasteiger partial charge in [0.15, 0.2) is 0 Å². The summed E-state index contributed by atoms with van der Waals surface area (Å²) < 4.78 is 5.11. The van der Waals surface area contributed by atoms with Crippen molar-refractivity contribution >= 4 is 23.9 Å². The van der Waals surface area contributed by atoms with Gasteiger partial charge in [0.2, 0.25) is 6.08 Å². The maximum absolute atomic E-state index is 10.4. The van der Waals surface area contributed by atoms with Crippen molar-refractivity contribution in [3.05, 3.63) is 59.7 Å². The van der Waals surface area contributed by atoms with E-state index in [4.69, 9.17) is 4.74 Å². The standard InChI is InChI=1S/C16H13NO2/c1-19-15-10-9-14(16(11-15)17-12-18)8-7-13-5-3-2-4-6-13/h2-11H,1H3/b8-7+. The molecule has 0 fully saturated rings. The van der Waals surface area contributed by atoms with Crippen molar-refractivity contribution < 1.29 is 9.53 Å². The van der Waals surface area contributed by atoms with E-state index in [1.807, 2.05) is 54.6 Å². The van der Waals surface area contributed by atoms with Gasteiger partial charge < -0.3 is 4.74 Å². The van der Waals surface area contributed by atoms with Crippen molar-refractivity contribution in [1.82, 2.24) is 0 Å². The second-order valence-corrected chi connectivity index (χ2v) is 3.87. The molecule has 0 bridgehead atoms. The Morgan fingerprint density at radius 3 is 2.58 bits per heavy atom. The number of rotatable bonds is 4. The van der Waals surface area contributed by atoms with Crippen molar-refractivity contribution in [3.63, 3.8) is 0 Å². The fraction of sp³-hybridized carbons (Fsp3) is 0.0625. The molecule has 0 atom stereocenters. The predicted molar refractivity (Wildman–Crippen MR) is 76.1 cm³/mol. The minimum atomic E-state index is 0.543. The van der Waals surface area contributed by atoms with Crippen LogP contribution in [0.5, 0.6) is 5.75 Å². The number of methoxy groups -OCH3 is 1. The lowest BCUT2D eigenvalue weighted by Crippen LogP contribution is -1.83. The normalized spacial score (nSPS) is 10.2. The number of carbonyl (C=O) groups excluding carboxylic acids is 1. The van der Waals surface area contributed by atoms with E-state index in [0.29, 0.717) is 11.4 Å². The molecule has 0 aliphatic rings. The summed E-state index contributed by atoms with van der Waals surface area (Å²) in [7, 11) is 1.57. The Morgan fingerprint density at radius 2 is 1.89 bits per heavy atom. The predicted octanol–water partition coefficient (Wildman–Crippen LogP) is 3.83. The van der Waals surface area contributed by atoms with Crippen molar-refractivity contribution in [2.45, 2.75) is 0 Å². The summed E-state index contributed by atoms with van der Waals surface area (Å²) in [5.41, 5.74) is 2.47. The smallest absolute Gasteiger partial charge is 0.240 e. The van der Waals surface area contributed by atoms with Crippen LogP contribution in [0.15, 0.2) is 53.5 Å². The highest BCUT2D eigenvalue weighted by Crippen LogP contribution is 2.26. The minimum Gasteiger partial charge on any atom is -0.497 e. The Morgan fingerprint density at radius 1 is 1.11 bits per heavy atom. The van der Waals surface area contributed by atoms with Gasteiger partial charge in [-0.05, 0) is 17.7 Å². The lowest BCUT2D eigenvalue weighted by molar-refractivity contribution is 0.415. The number of benzene rings is 2. The molecular weight excluding hydrogens is 238 g/mol. The zero-order chi connectivity index (χ0) is 13.5. The minimum absolute atomic E-state index is 0.543. The van der Waals surface area contributed by atoms with Crippen LogP contribution in [0.3, 0.4) is 0 Å². The van der Waals surface area contributed by atoms with Crippen molar-refractivity contribution in [1.29, 1.82) is 0 Å². The first kappa shape index (κ1) is 12.8. The summed E-state index contributed by atoms with van der Waals surface area (Å²) in [6, 6.07) is 15.3. The molecule has 0 amide bonds. The largest absolute Gasteiger partial charge is 0.497 e. The Bertz CT molecular complexity index is 626. The molecule has 0 spiro atoms. The van der Waals surface area contributed by atoms with Gasteiger partial charge in [0.1, 0.15) is 5.75 Å². The van der Waals surface area contributed by atoms with Crippen LogP contribution < -0.4 is 4.74 Å². The van der Waals surface area contributed by atoms with E-state index in [-0.39, 0.29) is 0 Å². The topological polar surface area (TPSA) is 38.7 Å². The SMILES string of the molecule is COc1ccc(/C=C/c2ccccc2)c(N=C=O)c1. The molecule has 0 aliphatic heterocycles. The first-order chi connectivity index (χ1) is 9.33. The highest BCUT2D eigenvalue weighted by atomic mass is 16.5. The molecule has 0 aromatic heterocycles. The molecule has 2 aromatic carbocycles. The van der Waals surface area contributed by atoms with Crippen LogP contribution in [0.1, 0.15) is 11.1 Å². The fourth-order valence-electron chi connectivity index (χ4n) is 1.69. The second-order valence-electron chi connectivity index (χ2n) is 3.87. The molecule has 0 heterocycles. The number of isocyanates is 1. The zero-order valence-electron chi connectivity index (χ0n) is 10.5. The molecule has 3 nitrogen and oxygen atoms in total. The molecule has 0 N–H and O–H groups in total. The monoisotopic (exact) mass is 251 g/mol. The average Bonchev–Trinajstić information content (AvgIpc) is 2.47.